The van der Waals surface area contributed by atoms with E-state index in [4.69, 9.17) is 23.2 Å². The molecule has 0 saturated carbocycles. The van der Waals surface area contributed by atoms with Crippen molar-refractivity contribution in [2.75, 3.05) is 0 Å². The summed E-state index contributed by atoms with van der Waals surface area (Å²) in [5, 5.41) is 12.3. The number of hydrogen-bond donors (Lipinski definition) is 1. The summed E-state index contributed by atoms with van der Waals surface area (Å²) in [6, 6.07) is 13.4. The average Bonchev–Trinajstić information content (AvgIpc) is 2.73. The monoisotopic (exact) mass is 462 g/mol. The number of aromatic hydroxyl groups is 1. The van der Waals surface area contributed by atoms with Gasteiger partial charge in [0.05, 0.1) is 5.56 Å². The largest absolute Gasteiger partial charge is 0.505 e. The minimum absolute atomic E-state index is 0.112. The highest BCUT2D eigenvalue weighted by Crippen LogP contribution is 2.42. The molecule has 1 unspecified atom stereocenters. The van der Waals surface area contributed by atoms with Crippen molar-refractivity contribution in [1.29, 1.82) is 0 Å². The number of alkyl halides is 3. The Bertz CT molecular complexity index is 1260. The minimum atomic E-state index is -4.54. The van der Waals surface area contributed by atoms with Crippen LogP contribution in [0.15, 0.2) is 67.0 Å². The summed E-state index contributed by atoms with van der Waals surface area (Å²) in [5.41, 5.74) is 0.700. The molecule has 0 spiro atoms. The van der Waals surface area contributed by atoms with Crippen LogP contribution >= 0.6 is 23.2 Å². The van der Waals surface area contributed by atoms with Crippen LogP contribution in [-0.4, -0.2) is 15.1 Å². The molecule has 4 rings (SSSR count). The van der Waals surface area contributed by atoms with Crippen LogP contribution in [0.5, 0.6) is 5.75 Å². The van der Waals surface area contributed by atoms with E-state index in [0.717, 1.165) is 12.1 Å². The van der Waals surface area contributed by atoms with Gasteiger partial charge in [0.25, 0.3) is 0 Å². The molecule has 1 atom stereocenters. The zero-order valence-electron chi connectivity index (χ0n) is 15.9. The Morgan fingerprint density at radius 3 is 2.45 bits per heavy atom. The zero-order chi connectivity index (χ0) is 22.2. The number of aromatic nitrogens is 2. The topological polar surface area (TPSA) is 46.0 Å². The second kappa shape index (κ2) is 8.36. The van der Waals surface area contributed by atoms with Crippen LogP contribution in [0.1, 0.15) is 28.3 Å². The second-order valence-electron chi connectivity index (χ2n) is 7.03. The van der Waals surface area contributed by atoms with Crippen LogP contribution in [0.3, 0.4) is 0 Å². The van der Waals surface area contributed by atoms with Crippen LogP contribution in [0.2, 0.25) is 10.0 Å². The van der Waals surface area contributed by atoms with Gasteiger partial charge in [-0.05, 0) is 42.0 Å². The van der Waals surface area contributed by atoms with Crippen LogP contribution in [0.4, 0.5) is 13.2 Å². The highest BCUT2D eigenvalue weighted by atomic mass is 35.5. The fourth-order valence-corrected chi connectivity index (χ4v) is 4.00. The van der Waals surface area contributed by atoms with Gasteiger partial charge in [-0.15, -0.1) is 0 Å². The molecule has 31 heavy (non-hydrogen) atoms. The molecule has 0 bridgehead atoms. The van der Waals surface area contributed by atoms with E-state index < -0.39 is 17.7 Å². The van der Waals surface area contributed by atoms with Gasteiger partial charge < -0.3 is 5.11 Å². The van der Waals surface area contributed by atoms with Crippen LogP contribution in [0.25, 0.3) is 10.9 Å². The number of phenolic OH excluding ortho intramolecular Hbond substituents is 1. The van der Waals surface area contributed by atoms with E-state index in [0.29, 0.717) is 27.2 Å². The molecule has 0 aliphatic heterocycles. The molecule has 3 nitrogen and oxygen atoms in total. The number of fused-ring (bicyclic) bond motifs is 1. The number of rotatable bonds is 4. The second-order valence-corrected chi connectivity index (χ2v) is 7.88. The predicted octanol–water partition coefficient (Wildman–Crippen LogP) is 7.04. The summed E-state index contributed by atoms with van der Waals surface area (Å²) < 4.78 is 40.2. The first-order valence-electron chi connectivity index (χ1n) is 9.27. The van der Waals surface area contributed by atoms with Gasteiger partial charge >= 0.3 is 6.18 Å². The van der Waals surface area contributed by atoms with Crippen LogP contribution in [0, 0.1) is 0 Å². The lowest BCUT2D eigenvalue weighted by Crippen LogP contribution is -2.11. The summed E-state index contributed by atoms with van der Waals surface area (Å²) >= 11 is 12.4. The van der Waals surface area contributed by atoms with Gasteiger partial charge in [-0.3, -0.25) is 9.97 Å². The lowest BCUT2D eigenvalue weighted by molar-refractivity contribution is -0.137. The number of phenols is 1. The third-order valence-corrected chi connectivity index (χ3v) is 5.62. The fraction of sp³-hybridized carbons (Fsp3) is 0.130. The van der Waals surface area contributed by atoms with E-state index in [-0.39, 0.29) is 22.8 Å². The maximum atomic E-state index is 13.4. The Kier molecular flexibility index (Phi) is 5.77. The Morgan fingerprint density at radius 2 is 1.71 bits per heavy atom. The van der Waals surface area contributed by atoms with Gasteiger partial charge in [-0.1, -0.05) is 41.4 Å². The molecular weight excluding hydrogens is 448 g/mol. The van der Waals surface area contributed by atoms with Gasteiger partial charge in [0.15, 0.2) is 0 Å². The highest BCUT2D eigenvalue weighted by molar-refractivity contribution is 6.31. The van der Waals surface area contributed by atoms with Crippen molar-refractivity contribution in [3.8, 4) is 5.75 Å². The van der Waals surface area contributed by atoms with Gasteiger partial charge in [-0.25, -0.2) is 0 Å². The molecule has 0 saturated heterocycles. The molecule has 2 heterocycles. The van der Waals surface area contributed by atoms with E-state index in [1.807, 2.05) is 0 Å². The van der Waals surface area contributed by atoms with E-state index in [2.05, 4.69) is 9.97 Å². The highest BCUT2D eigenvalue weighted by Gasteiger charge is 2.32. The molecule has 1 N–H and O–H groups in total. The molecular formula is C23H15Cl2F3N2O. The minimum Gasteiger partial charge on any atom is -0.505 e. The first-order chi connectivity index (χ1) is 14.7. The van der Waals surface area contributed by atoms with Crippen molar-refractivity contribution < 1.29 is 18.3 Å². The van der Waals surface area contributed by atoms with Gasteiger partial charge in [0.1, 0.15) is 11.3 Å². The third-order valence-electron chi connectivity index (χ3n) is 5.05. The summed E-state index contributed by atoms with van der Waals surface area (Å²) in [7, 11) is 0. The predicted molar refractivity (Wildman–Crippen MR) is 115 cm³/mol. The van der Waals surface area contributed by atoms with Crippen molar-refractivity contribution in [3.05, 3.63) is 99.4 Å². The molecule has 0 fully saturated rings. The molecule has 4 aromatic rings. The van der Waals surface area contributed by atoms with Crippen molar-refractivity contribution in [2.24, 2.45) is 0 Å². The van der Waals surface area contributed by atoms with Gasteiger partial charge in [0.2, 0.25) is 0 Å². The summed E-state index contributed by atoms with van der Waals surface area (Å²) in [4.78, 5) is 8.49. The number of halogens is 5. The standard InChI is InChI=1S/C23H15Cl2F3N2O/c24-15-7-9-29-16(11-15)12-18(19-10-14(23(26,27)28)4-6-20(19)25)17-5-3-13-2-1-8-30-21(13)22(17)31/h1-11,18,31H,12H2. The molecule has 8 heteroatoms. The summed E-state index contributed by atoms with van der Waals surface area (Å²) in [6.45, 7) is 0. The van der Waals surface area contributed by atoms with Crippen LogP contribution in [-0.2, 0) is 12.6 Å². The van der Waals surface area contributed by atoms with Crippen molar-refractivity contribution in [1.82, 2.24) is 9.97 Å². The average molecular weight is 463 g/mol. The van der Waals surface area contributed by atoms with Gasteiger partial charge in [0, 0.05) is 51.4 Å². The number of benzene rings is 2. The maximum absolute atomic E-state index is 13.4. The maximum Gasteiger partial charge on any atom is 0.416 e. The molecule has 158 valence electrons. The summed E-state index contributed by atoms with van der Waals surface area (Å²) in [6.07, 6.45) is -1.31. The van der Waals surface area contributed by atoms with E-state index in [9.17, 15) is 18.3 Å². The quantitative estimate of drug-likeness (QED) is 0.353. The summed E-state index contributed by atoms with van der Waals surface area (Å²) in [5.74, 6) is -0.828. The number of hydrogen-bond acceptors (Lipinski definition) is 3. The molecule has 0 aliphatic rings. The first kappa shape index (κ1) is 21.4. The zero-order valence-corrected chi connectivity index (χ0v) is 17.4. The molecule has 0 amide bonds. The Hall–Kier alpha value is -2.83. The Balaban J connectivity index is 1.92. The SMILES string of the molecule is Oc1c(C(Cc2cc(Cl)ccn2)c2cc(C(F)(F)F)ccc2Cl)ccc2cccnc12. The number of pyridine rings is 2. The van der Waals surface area contributed by atoms with E-state index in [1.54, 1.807) is 36.4 Å². The van der Waals surface area contributed by atoms with Crippen LogP contribution < -0.4 is 0 Å². The van der Waals surface area contributed by atoms with Crippen molar-refractivity contribution in [2.45, 2.75) is 18.5 Å². The third kappa shape index (κ3) is 4.45. The van der Waals surface area contributed by atoms with E-state index in [1.165, 1.54) is 18.5 Å². The Labute approximate surface area is 186 Å². The Morgan fingerprint density at radius 1 is 0.903 bits per heavy atom. The van der Waals surface area contributed by atoms with Crippen molar-refractivity contribution in [3.63, 3.8) is 0 Å². The lowest BCUT2D eigenvalue weighted by atomic mass is 9.85. The first-order valence-corrected chi connectivity index (χ1v) is 10.0. The number of nitrogens with zero attached hydrogens (tertiary/aromatic N) is 2. The smallest absolute Gasteiger partial charge is 0.416 e. The fourth-order valence-electron chi connectivity index (χ4n) is 3.57. The molecule has 0 aliphatic carbocycles. The lowest BCUT2D eigenvalue weighted by Gasteiger charge is -2.22. The van der Waals surface area contributed by atoms with E-state index >= 15 is 0 Å². The molecule has 2 aromatic heterocycles. The van der Waals surface area contributed by atoms with Gasteiger partial charge in [-0.2, -0.15) is 13.2 Å². The van der Waals surface area contributed by atoms with Crippen molar-refractivity contribution >= 4 is 34.1 Å². The molecule has 0 radical (unpaired) electrons. The molecule has 2 aromatic carbocycles. The normalized spacial score (nSPS) is 12.8.